The maximum atomic E-state index is 15.3. The van der Waals surface area contributed by atoms with Crippen molar-refractivity contribution in [1.82, 2.24) is 14.5 Å². The van der Waals surface area contributed by atoms with Gasteiger partial charge in [0.1, 0.15) is 17.4 Å². The molecule has 4 heterocycles. The van der Waals surface area contributed by atoms with Gasteiger partial charge in [0.05, 0.1) is 29.8 Å². The average molecular weight is 443 g/mol. The van der Waals surface area contributed by atoms with Crippen molar-refractivity contribution in [3.05, 3.63) is 52.1 Å². The summed E-state index contributed by atoms with van der Waals surface area (Å²) in [6.07, 6.45) is 3.15. The number of anilines is 2. The van der Waals surface area contributed by atoms with Gasteiger partial charge >= 0.3 is 5.97 Å². The Hall–Kier alpha value is -3.76. The van der Waals surface area contributed by atoms with Gasteiger partial charge in [0, 0.05) is 32.4 Å². The molecule has 32 heavy (non-hydrogen) atoms. The van der Waals surface area contributed by atoms with Crippen LogP contribution in [0.15, 0.2) is 29.5 Å². The minimum atomic E-state index is -1.36. The number of halogens is 2. The number of nitrogens with zero attached hydrogens (tertiary/aromatic N) is 5. The molecule has 1 fully saturated rings. The molecule has 0 unspecified atom stereocenters. The third kappa shape index (κ3) is 3.20. The highest BCUT2D eigenvalue weighted by atomic mass is 19.1. The molecule has 5 rings (SSSR count). The highest BCUT2D eigenvalue weighted by molar-refractivity contribution is 5.97. The number of benzene rings is 1. The SMILES string of the molecule is C[C@H]1Cn2cc(C(=O)O)c(=O)c3cc(F)c(N4CCN(c5ncc(F)cn5)CC4)c(c32)O1. The van der Waals surface area contributed by atoms with E-state index < -0.39 is 28.6 Å². The van der Waals surface area contributed by atoms with Crippen LogP contribution in [0.1, 0.15) is 17.3 Å². The standard InChI is InChI=1S/C21H19F2N5O4/c1-11-9-28-10-14(20(30)31)18(29)13-6-15(23)17(19(32-11)16(13)28)26-2-4-27(5-3-26)21-24-7-12(22)8-25-21/h6-8,10-11H,2-5,9H2,1H3,(H,30,31)/t11-/m0/s1. The van der Waals surface area contributed by atoms with Crippen molar-refractivity contribution in [2.45, 2.75) is 19.6 Å². The van der Waals surface area contributed by atoms with E-state index >= 15 is 4.39 Å². The van der Waals surface area contributed by atoms with Crippen molar-refractivity contribution >= 4 is 28.5 Å². The second-order valence-electron chi connectivity index (χ2n) is 7.87. The van der Waals surface area contributed by atoms with Gasteiger partial charge in [0.15, 0.2) is 17.4 Å². The quantitative estimate of drug-likeness (QED) is 0.655. The predicted molar refractivity (Wildman–Crippen MR) is 112 cm³/mol. The summed E-state index contributed by atoms with van der Waals surface area (Å²) in [7, 11) is 0. The summed E-state index contributed by atoms with van der Waals surface area (Å²) >= 11 is 0. The highest BCUT2D eigenvalue weighted by Gasteiger charge is 2.31. The van der Waals surface area contributed by atoms with Crippen molar-refractivity contribution < 1.29 is 23.4 Å². The van der Waals surface area contributed by atoms with Gasteiger partial charge in [0.2, 0.25) is 11.4 Å². The van der Waals surface area contributed by atoms with E-state index in [4.69, 9.17) is 4.74 Å². The van der Waals surface area contributed by atoms with E-state index in [1.165, 1.54) is 6.20 Å². The number of hydrogen-bond donors (Lipinski definition) is 1. The summed E-state index contributed by atoms with van der Waals surface area (Å²) in [6, 6.07) is 1.09. The first-order chi connectivity index (χ1) is 15.3. The molecule has 1 aromatic carbocycles. The van der Waals surface area contributed by atoms with Crippen LogP contribution in [0.5, 0.6) is 5.75 Å². The molecule has 0 saturated carbocycles. The van der Waals surface area contributed by atoms with E-state index in [0.29, 0.717) is 44.2 Å². The molecule has 2 aromatic heterocycles. The molecular weight excluding hydrogens is 424 g/mol. The number of hydrogen-bond acceptors (Lipinski definition) is 7. The zero-order valence-electron chi connectivity index (χ0n) is 17.1. The molecule has 3 aromatic rings. The number of ether oxygens (including phenoxy) is 1. The fourth-order valence-electron chi connectivity index (χ4n) is 4.31. The van der Waals surface area contributed by atoms with Crippen LogP contribution in [0.4, 0.5) is 20.4 Å². The normalized spacial score (nSPS) is 18.0. The van der Waals surface area contributed by atoms with Crippen LogP contribution in [0.2, 0.25) is 0 Å². The molecule has 166 valence electrons. The Kier molecular flexibility index (Phi) is 4.68. The van der Waals surface area contributed by atoms with Crippen molar-refractivity contribution in [1.29, 1.82) is 0 Å². The predicted octanol–water partition coefficient (Wildman–Crippen LogP) is 1.88. The van der Waals surface area contributed by atoms with Gasteiger partial charge in [-0.25, -0.2) is 23.5 Å². The Morgan fingerprint density at radius 2 is 1.81 bits per heavy atom. The van der Waals surface area contributed by atoms with E-state index in [1.54, 1.807) is 11.5 Å². The van der Waals surface area contributed by atoms with Gasteiger partial charge in [-0.1, -0.05) is 0 Å². The van der Waals surface area contributed by atoms with Crippen LogP contribution in [0.3, 0.4) is 0 Å². The number of aromatic nitrogens is 3. The molecule has 2 aliphatic heterocycles. The molecular formula is C21H19F2N5O4. The lowest BCUT2D eigenvalue weighted by molar-refractivity contribution is 0.0694. The number of carboxylic acid groups (broad SMARTS) is 1. The van der Waals surface area contributed by atoms with E-state index in [1.807, 2.05) is 9.80 Å². The number of piperazine rings is 1. The third-order valence-electron chi connectivity index (χ3n) is 5.73. The Balaban J connectivity index is 1.55. The largest absolute Gasteiger partial charge is 0.484 e. The minimum Gasteiger partial charge on any atom is -0.484 e. The smallest absolute Gasteiger partial charge is 0.341 e. The lowest BCUT2D eigenvalue weighted by Gasteiger charge is -2.38. The number of carbonyl (C=O) groups is 1. The fourth-order valence-corrected chi connectivity index (χ4v) is 4.31. The van der Waals surface area contributed by atoms with Gasteiger partial charge < -0.3 is 24.2 Å². The van der Waals surface area contributed by atoms with Crippen LogP contribution < -0.4 is 20.0 Å². The Bertz CT molecular complexity index is 1290. The molecule has 0 spiro atoms. The first-order valence-corrected chi connectivity index (χ1v) is 10.1. The summed E-state index contributed by atoms with van der Waals surface area (Å²) in [6.45, 7) is 3.93. The molecule has 1 N–H and O–H groups in total. The second-order valence-corrected chi connectivity index (χ2v) is 7.87. The minimum absolute atomic E-state index is 0.0219. The topological polar surface area (TPSA) is 101 Å². The first-order valence-electron chi connectivity index (χ1n) is 10.1. The summed E-state index contributed by atoms with van der Waals surface area (Å²) < 4.78 is 36.0. The summed E-state index contributed by atoms with van der Waals surface area (Å²) in [5.74, 6) is -1.90. The van der Waals surface area contributed by atoms with Gasteiger partial charge in [-0.05, 0) is 13.0 Å². The molecule has 0 aliphatic carbocycles. The van der Waals surface area contributed by atoms with E-state index in [0.717, 1.165) is 18.5 Å². The van der Waals surface area contributed by atoms with Crippen molar-refractivity contribution in [2.75, 3.05) is 36.0 Å². The van der Waals surface area contributed by atoms with Crippen LogP contribution in [0.25, 0.3) is 10.9 Å². The first kappa shape index (κ1) is 20.2. The van der Waals surface area contributed by atoms with Crippen molar-refractivity contribution in [3.8, 4) is 5.75 Å². The highest BCUT2D eigenvalue weighted by Crippen LogP contribution is 2.41. The molecule has 0 amide bonds. The van der Waals surface area contributed by atoms with Crippen LogP contribution in [0, 0.1) is 11.6 Å². The van der Waals surface area contributed by atoms with Gasteiger partial charge in [0.25, 0.3) is 0 Å². The summed E-state index contributed by atoms with van der Waals surface area (Å²) in [5, 5.41) is 9.36. The molecule has 9 nitrogen and oxygen atoms in total. The van der Waals surface area contributed by atoms with Crippen LogP contribution in [-0.4, -0.2) is 57.9 Å². The Morgan fingerprint density at radius 1 is 1.16 bits per heavy atom. The van der Waals surface area contributed by atoms with Crippen LogP contribution in [-0.2, 0) is 6.54 Å². The molecule has 1 atom stereocenters. The molecule has 0 radical (unpaired) electrons. The molecule has 2 aliphatic rings. The Morgan fingerprint density at radius 3 is 2.47 bits per heavy atom. The van der Waals surface area contributed by atoms with Crippen LogP contribution >= 0.6 is 0 Å². The number of pyridine rings is 1. The van der Waals surface area contributed by atoms with Crippen molar-refractivity contribution in [3.63, 3.8) is 0 Å². The summed E-state index contributed by atoms with van der Waals surface area (Å²) in [5.41, 5.74) is -0.525. The fraction of sp³-hybridized carbons (Fsp3) is 0.333. The van der Waals surface area contributed by atoms with E-state index in [-0.39, 0.29) is 22.9 Å². The zero-order valence-corrected chi connectivity index (χ0v) is 17.1. The third-order valence-corrected chi connectivity index (χ3v) is 5.73. The lowest BCUT2D eigenvalue weighted by Crippen LogP contribution is -2.47. The maximum absolute atomic E-state index is 15.3. The van der Waals surface area contributed by atoms with Gasteiger partial charge in [-0.3, -0.25) is 4.79 Å². The Labute approximate surface area is 180 Å². The monoisotopic (exact) mass is 443 g/mol. The number of carboxylic acids is 1. The number of rotatable bonds is 3. The van der Waals surface area contributed by atoms with Crippen molar-refractivity contribution in [2.24, 2.45) is 0 Å². The molecule has 11 heteroatoms. The van der Waals surface area contributed by atoms with E-state index in [2.05, 4.69) is 9.97 Å². The molecule has 1 saturated heterocycles. The second kappa shape index (κ2) is 7.43. The zero-order chi connectivity index (χ0) is 22.6. The molecule has 0 bridgehead atoms. The van der Waals surface area contributed by atoms with E-state index in [9.17, 15) is 19.1 Å². The van der Waals surface area contributed by atoms with Gasteiger partial charge in [-0.2, -0.15) is 0 Å². The summed E-state index contributed by atoms with van der Waals surface area (Å²) in [4.78, 5) is 35.9. The van der Waals surface area contributed by atoms with Gasteiger partial charge in [-0.15, -0.1) is 0 Å². The average Bonchev–Trinajstić information content (AvgIpc) is 2.76. The maximum Gasteiger partial charge on any atom is 0.341 e. The lowest BCUT2D eigenvalue weighted by atomic mass is 10.1. The number of aromatic carboxylic acids is 1.